The summed E-state index contributed by atoms with van der Waals surface area (Å²) in [7, 11) is -3.75. The van der Waals surface area contributed by atoms with Crippen LogP contribution in [0.3, 0.4) is 0 Å². The number of hydrogen-bond acceptors (Lipinski definition) is 3. The molecule has 0 aliphatic carbocycles. The molecule has 0 fully saturated rings. The average Bonchev–Trinajstić information content (AvgIpc) is 2.49. The van der Waals surface area contributed by atoms with Gasteiger partial charge in [-0.25, -0.2) is 8.42 Å². The van der Waals surface area contributed by atoms with E-state index in [4.69, 9.17) is 4.74 Å². The summed E-state index contributed by atoms with van der Waals surface area (Å²) in [5.41, 5.74) is 2.22. The van der Waals surface area contributed by atoms with Crippen molar-refractivity contribution in [3.8, 4) is 5.75 Å². The van der Waals surface area contributed by atoms with E-state index in [2.05, 4.69) is 4.72 Å². The number of rotatable bonds is 5. The van der Waals surface area contributed by atoms with E-state index in [0.717, 1.165) is 11.1 Å². The lowest BCUT2D eigenvalue weighted by molar-refractivity contribution is 0.331. The summed E-state index contributed by atoms with van der Waals surface area (Å²) in [6.45, 7) is 10.3. The molecule has 0 unspecified atom stereocenters. The molecule has 1 N–H and O–H groups in total. The molecule has 130 valence electrons. The standard InChI is InChI=1S/C19H25NO3S/c1-6-23-17-12-11-15(19(3,4)5)13-18(17)24(21,22)20-16-10-8-7-9-14(16)2/h7-13,20H,6H2,1-5H3. The largest absolute Gasteiger partial charge is 0.492 e. The molecule has 0 spiro atoms. The van der Waals surface area contributed by atoms with Crippen LogP contribution in [0.1, 0.15) is 38.8 Å². The van der Waals surface area contributed by atoms with Gasteiger partial charge in [0.1, 0.15) is 10.6 Å². The van der Waals surface area contributed by atoms with Crippen LogP contribution in [0.2, 0.25) is 0 Å². The van der Waals surface area contributed by atoms with E-state index in [1.165, 1.54) is 0 Å². The first kappa shape index (κ1) is 18.3. The highest BCUT2D eigenvalue weighted by Gasteiger charge is 2.24. The third-order valence-electron chi connectivity index (χ3n) is 3.79. The molecule has 0 saturated heterocycles. The van der Waals surface area contributed by atoms with Crippen LogP contribution in [0.15, 0.2) is 47.4 Å². The number of para-hydroxylation sites is 1. The topological polar surface area (TPSA) is 55.4 Å². The number of anilines is 1. The van der Waals surface area contributed by atoms with E-state index in [1.807, 2.05) is 52.8 Å². The molecule has 5 heteroatoms. The first-order valence-corrected chi connectivity index (χ1v) is 9.49. The Morgan fingerprint density at radius 3 is 2.33 bits per heavy atom. The van der Waals surface area contributed by atoms with E-state index < -0.39 is 10.0 Å². The molecule has 0 saturated carbocycles. The predicted molar refractivity (Wildman–Crippen MR) is 98.3 cm³/mol. The van der Waals surface area contributed by atoms with Crippen LogP contribution in [0.25, 0.3) is 0 Å². The van der Waals surface area contributed by atoms with Gasteiger partial charge >= 0.3 is 0 Å². The second-order valence-corrected chi connectivity index (χ2v) is 8.42. The van der Waals surface area contributed by atoms with Crippen molar-refractivity contribution >= 4 is 15.7 Å². The maximum Gasteiger partial charge on any atom is 0.265 e. The Morgan fingerprint density at radius 1 is 1.08 bits per heavy atom. The minimum Gasteiger partial charge on any atom is -0.492 e. The summed E-state index contributed by atoms with van der Waals surface area (Å²) in [4.78, 5) is 0.167. The number of nitrogens with one attached hydrogen (secondary N) is 1. The summed E-state index contributed by atoms with van der Waals surface area (Å²) in [6, 6.07) is 12.6. The van der Waals surface area contributed by atoms with Gasteiger partial charge in [0, 0.05) is 0 Å². The fraction of sp³-hybridized carbons (Fsp3) is 0.368. The summed E-state index contributed by atoms with van der Waals surface area (Å²) in [5.74, 6) is 0.367. The van der Waals surface area contributed by atoms with E-state index in [1.54, 1.807) is 24.3 Å². The fourth-order valence-corrected chi connectivity index (χ4v) is 3.65. The lowest BCUT2D eigenvalue weighted by Crippen LogP contribution is -2.18. The molecule has 24 heavy (non-hydrogen) atoms. The van der Waals surface area contributed by atoms with Gasteiger partial charge in [-0.1, -0.05) is 45.0 Å². The van der Waals surface area contributed by atoms with E-state index in [0.29, 0.717) is 18.0 Å². The van der Waals surface area contributed by atoms with Gasteiger partial charge in [0.25, 0.3) is 10.0 Å². The molecule has 0 bridgehead atoms. The summed E-state index contributed by atoms with van der Waals surface area (Å²) in [6.07, 6.45) is 0. The predicted octanol–water partition coefficient (Wildman–Crippen LogP) is 4.49. The van der Waals surface area contributed by atoms with E-state index >= 15 is 0 Å². The smallest absolute Gasteiger partial charge is 0.265 e. The Morgan fingerprint density at radius 2 is 1.75 bits per heavy atom. The first-order valence-electron chi connectivity index (χ1n) is 8.01. The Balaban J connectivity index is 2.53. The van der Waals surface area contributed by atoms with Crippen molar-refractivity contribution in [1.82, 2.24) is 0 Å². The first-order chi connectivity index (χ1) is 11.1. The Hall–Kier alpha value is -2.01. The number of ether oxygens (including phenoxy) is 1. The minimum atomic E-state index is -3.75. The summed E-state index contributed by atoms with van der Waals surface area (Å²) < 4.78 is 34.1. The third kappa shape index (κ3) is 4.09. The number of hydrogen-bond donors (Lipinski definition) is 1. The molecule has 0 aliphatic rings. The SMILES string of the molecule is CCOc1ccc(C(C)(C)C)cc1S(=O)(=O)Nc1ccccc1C. The zero-order valence-electron chi connectivity index (χ0n) is 14.9. The van der Waals surface area contributed by atoms with Crippen molar-refractivity contribution in [2.45, 2.75) is 44.9 Å². The molecule has 0 aliphatic heterocycles. The van der Waals surface area contributed by atoms with Crippen LogP contribution in [0.4, 0.5) is 5.69 Å². The molecule has 2 aromatic carbocycles. The molecule has 0 heterocycles. The lowest BCUT2D eigenvalue weighted by atomic mass is 9.87. The molecule has 0 atom stereocenters. The summed E-state index contributed by atoms with van der Waals surface area (Å²) >= 11 is 0. The van der Waals surface area contributed by atoms with Crippen LogP contribution in [0.5, 0.6) is 5.75 Å². The van der Waals surface area contributed by atoms with E-state index in [-0.39, 0.29) is 10.3 Å². The zero-order chi connectivity index (χ0) is 18.0. The normalized spacial score (nSPS) is 12.0. The second kappa shape index (κ2) is 6.85. The van der Waals surface area contributed by atoms with Gasteiger partial charge in [-0.3, -0.25) is 4.72 Å². The lowest BCUT2D eigenvalue weighted by Gasteiger charge is -2.21. The fourth-order valence-electron chi connectivity index (χ4n) is 2.35. The molecule has 4 nitrogen and oxygen atoms in total. The number of sulfonamides is 1. The third-order valence-corrected chi connectivity index (χ3v) is 5.18. The maximum atomic E-state index is 12.9. The monoisotopic (exact) mass is 347 g/mol. The van der Waals surface area contributed by atoms with Gasteiger partial charge in [0.05, 0.1) is 12.3 Å². The van der Waals surface area contributed by atoms with Gasteiger partial charge in [-0.05, 0) is 48.6 Å². The number of aryl methyl sites for hydroxylation is 1. The van der Waals surface area contributed by atoms with Gasteiger partial charge in [0.2, 0.25) is 0 Å². The van der Waals surface area contributed by atoms with Gasteiger partial charge in [0.15, 0.2) is 0 Å². The Kier molecular flexibility index (Phi) is 5.23. The van der Waals surface area contributed by atoms with Crippen molar-refractivity contribution in [2.75, 3.05) is 11.3 Å². The molecule has 2 rings (SSSR count). The maximum absolute atomic E-state index is 12.9. The quantitative estimate of drug-likeness (QED) is 0.867. The van der Waals surface area contributed by atoms with Crippen molar-refractivity contribution in [3.63, 3.8) is 0 Å². The van der Waals surface area contributed by atoms with E-state index in [9.17, 15) is 8.42 Å². The van der Waals surface area contributed by atoms with Gasteiger partial charge < -0.3 is 4.74 Å². The highest BCUT2D eigenvalue weighted by atomic mass is 32.2. The molecule has 0 aromatic heterocycles. The highest BCUT2D eigenvalue weighted by molar-refractivity contribution is 7.92. The van der Waals surface area contributed by atoms with Crippen molar-refractivity contribution < 1.29 is 13.2 Å². The molecular formula is C19H25NO3S. The van der Waals surface area contributed by atoms with Gasteiger partial charge in [-0.15, -0.1) is 0 Å². The molecular weight excluding hydrogens is 322 g/mol. The Bertz CT molecular complexity index is 821. The zero-order valence-corrected chi connectivity index (χ0v) is 15.7. The van der Waals surface area contributed by atoms with Crippen LogP contribution in [0, 0.1) is 6.92 Å². The minimum absolute atomic E-state index is 0.155. The average molecular weight is 347 g/mol. The molecule has 0 amide bonds. The van der Waals surface area contributed by atoms with Gasteiger partial charge in [-0.2, -0.15) is 0 Å². The van der Waals surface area contributed by atoms with Crippen LogP contribution in [-0.4, -0.2) is 15.0 Å². The highest BCUT2D eigenvalue weighted by Crippen LogP contribution is 2.32. The molecule has 0 radical (unpaired) electrons. The van der Waals surface area contributed by atoms with Crippen molar-refractivity contribution in [3.05, 3.63) is 53.6 Å². The van der Waals surface area contributed by atoms with Crippen molar-refractivity contribution in [1.29, 1.82) is 0 Å². The van der Waals surface area contributed by atoms with Crippen molar-refractivity contribution in [2.24, 2.45) is 0 Å². The number of benzene rings is 2. The molecule has 2 aromatic rings. The Labute approximate surface area is 144 Å². The van der Waals surface area contributed by atoms with Crippen LogP contribution >= 0.6 is 0 Å². The van der Waals surface area contributed by atoms with Crippen LogP contribution < -0.4 is 9.46 Å². The van der Waals surface area contributed by atoms with Crippen LogP contribution in [-0.2, 0) is 15.4 Å². The summed E-state index contributed by atoms with van der Waals surface area (Å²) in [5, 5.41) is 0. The second-order valence-electron chi connectivity index (χ2n) is 6.76.